The molecule has 23 heavy (non-hydrogen) atoms. The number of nitrogens with one attached hydrogen (secondary N) is 1. The fourth-order valence-electron chi connectivity index (χ4n) is 3.68. The average molecular weight is 353 g/mol. The molecule has 4 nitrogen and oxygen atoms in total. The van der Waals surface area contributed by atoms with Gasteiger partial charge >= 0.3 is 0 Å². The number of rotatable bonds is 3. The maximum Gasteiger partial charge on any atom is 0.261 e. The molecule has 2 aromatic rings. The zero-order chi connectivity index (χ0) is 15.1. The molecule has 124 valence electrons. The Labute approximate surface area is 146 Å². The van der Waals surface area contributed by atoms with Crippen LogP contribution in [0.4, 0.5) is 0 Å². The first kappa shape index (κ1) is 16.6. The molecule has 3 fully saturated rings. The number of methoxy groups -OCH3 is 1. The van der Waals surface area contributed by atoms with Crippen molar-refractivity contribution in [2.75, 3.05) is 26.7 Å². The van der Waals surface area contributed by atoms with E-state index in [1.807, 2.05) is 24.3 Å². The number of piperidine rings is 3. The van der Waals surface area contributed by atoms with Gasteiger partial charge in [0.1, 0.15) is 5.75 Å². The summed E-state index contributed by atoms with van der Waals surface area (Å²) in [5, 5.41) is 4.33. The van der Waals surface area contributed by atoms with Gasteiger partial charge in [-0.1, -0.05) is 12.1 Å². The van der Waals surface area contributed by atoms with Gasteiger partial charge in [0.2, 0.25) is 0 Å². The normalized spacial score (nSPS) is 25.9. The lowest BCUT2D eigenvalue weighted by Crippen LogP contribution is -2.57. The molecule has 1 aromatic carbocycles. The summed E-state index contributed by atoms with van der Waals surface area (Å²) in [6.07, 6.45) is 2.43. The third-order valence-electron chi connectivity index (χ3n) is 4.92. The number of carbonyl (C=O) groups is 1. The number of halogens is 1. The predicted octanol–water partition coefficient (Wildman–Crippen LogP) is 3.16. The molecule has 4 heterocycles. The van der Waals surface area contributed by atoms with Gasteiger partial charge in [-0.15, -0.1) is 23.7 Å². The summed E-state index contributed by atoms with van der Waals surface area (Å²) in [5.74, 6) is 1.55. The highest BCUT2D eigenvalue weighted by Crippen LogP contribution is 2.34. The number of thiophene rings is 1. The maximum atomic E-state index is 12.6. The molecule has 1 aromatic heterocycles. The molecule has 0 saturated carbocycles. The lowest BCUT2D eigenvalue weighted by molar-refractivity contribution is 0.0622. The van der Waals surface area contributed by atoms with E-state index in [9.17, 15) is 4.79 Å². The molecule has 2 bridgehead atoms. The number of ether oxygens (including phenoxy) is 1. The van der Waals surface area contributed by atoms with Crippen LogP contribution in [0.3, 0.4) is 0 Å². The van der Waals surface area contributed by atoms with Crippen LogP contribution in [0, 0.1) is 5.92 Å². The minimum atomic E-state index is 0. The van der Waals surface area contributed by atoms with Crippen molar-refractivity contribution >= 4 is 39.7 Å². The Bertz CT molecular complexity index is 710. The van der Waals surface area contributed by atoms with Crippen molar-refractivity contribution in [3.05, 3.63) is 29.1 Å². The second-order valence-electron chi connectivity index (χ2n) is 6.21. The van der Waals surface area contributed by atoms with E-state index in [4.69, 9.17) is 4.74 Å². The van der Waals surface area contributed by atoms with Crippen molar-refractivity contribution in [3.8, 4) is 5.75 Å². The van der Waals surface area contributed by atoms with Gasteiger partial charge in [-0.2, -0.15) is 0 Å². The van der Waals surface area contributed by atoms with Crippen LogP contribution in [-0.4, -0.2) is 43.6 Å². The smallest absolute Gasteiger partial charge is 0.261 e. The molecule has 5 rings (SSSR count). The number of nitrogens with zero attached hydrogens (tertiary/aromatic N) is 1. The number of amides is 1. The summed E-state index contributed by atoms with van der Waals surface area (Å²) in [5.41, 5.74) is 0. The molecule has 0 spiro atoms. The van der Waals surface area contributed by atoms with Crippen LogP contribution in [0.1, 0.15) is 22.5 Å². The van der Waals surface area contributed by atoms with Gasteiger partial charge in [0.15, 0.2) is 0 Å². The first-order chi connectivity index (χ1) is 10.7. The Morgan fingerprint density at radius 1 is 1.35 bits per heavy atom. The van der Waals surface area contributed by atoms with E-state index in [0.29, 0.717) is 12.0 Å². The van der Waals surface area contributed by atoms with Crippen LogP contribution in [-0.2, 0) is 0 Å². The largest absolute Gasteiger partial charge is 0.495 e. The van der Waals surface area contributed by atoms with Crippen molar-refractivity contribution in [2.24, 2.45) is 5.92 Å². The topological polar surface area (TPSA) is 41.6 Å². The zero-order valence-electron chi connectivity index (χ0n) is 13.1. The Hall–Kier alpha value is -1.30. The summed E-state index contributed by atoms with van der Waals surface area (Å²) in [6.45, 7) is 3.39. The summed E-state index contributed by atoms with van der Waals surface area (Å²) in [6, 6.07) is 8.21. The molecule has 3 aliphatic rings. The van der Waals surface area contributed by atoms with Crippen LogP contribution >= 0.6 is 23.7 Å². The average Bonchev–Trinajstić information content (AvgIpc) is 3.00. The van der Waals surface area contributed by atoms with Gasteiger partial charge in [-0.25, -0.2) is 0 Å². The minimum Gasteiger partial charge on any atom is -0.495 e. The molecule has 0 unspecified atom stereocenters. The quantitative estimate of drug-likeness (QED) is 0.922. The van der Waals surface area contributed by atoms with E-state index in [1.165, 1.54) is 37.3 Å². The Kier molecular flexibility index (Phi) is 4.80. The van der Waals surface area contributed by atoms with Crippen molar-refractivity contribution in [1.29, 1.82) is 0 Å². The van der Waals surface area contributed by atoms with Crippen molar-refractivity contribution in [2.45, 2.75) is 18.9 Å². The fraction of sp³-hybridized carbons (Fsp3) is 0.471. The van der Waals surface area contributed by atoms with Crippen molar-refractivity contribution < 1.29 is 9.53 Å². The summed E-state index contributed by atoms with van der Waals surface area (Å²) in [4.78, 5) is 15.8. The number of carbonyl (C=O) groups excluding carboxylic acids is 1. The summed E-state index contributed by atoms with van der Waals surface area (Å²) >= 11 is 1.51. The zero-order valence-corrected chi connectivity index (χ0v) is 14.7. The second kappa shape index (κ2) is 6.67. The highest BCUT2D eigenvalue weighted by atomic mass is 35.5. The molecule has 0 aliphatic carbocycles. The summed E-state index contributed by atoms with van der Waals surface area (Å²) < 4.78 is 6.43. The van der Waals surface area contributed by atoms with Gasteiger partial charge in [0, 0.05) is 12.6 Å². The first-order valence-electron chi connectivity index (χ1n) is 7.84. The highest BCUT2D eigenvalue weighted by molar-refractivity contribution is 7.21. The SMILES string of the molecule is COc1cccc2cc(C(=O)N[C@@H]3CN4CCC3CC4)sc12.Cl. The number of hydrogen-bond acceptors (Lipinski definition) is 4. The third-order valence-corrected chi connectivity index (χ3v) is 6.09. The van der Waals surface area contributed by atoms with Crippen LogP contribution in [0.15, 0.2) is 24.3 Å². The number of benzene rings is 1. The van der Waals surface area contributed by atoms with E-state index in [0.717, 1.165) is 27.3 Å². The van der Waals surface area contributed by atoms with E-state index >= 15 is 0 Å². The lowest BCUT2D eigenvalue weighted by Gasteiger charge is -2.44. The van der Waals surface area contributed by atoms with Gasteiger partial charge in [0.25, 0.3) is 5.91 Å². The molecule has 3 aliphatic heterocycles. The fourth-order valence-corrected chi connectivity index (χ4v) is 4.73. The van der Waals surface area contributed by atoms with E-state index < -0.39 is 0 Å². The van der Waals surface area contributed by atoms with E-state index in [1.54, 1.807) is 7.11 Å². The van der Waals surface area contributed by atoms with E-state index in [2.05, 4.69) is 10.2 Å². The molecule has 6 heteroatoms. The maximum absolute atomic E-state index is 12.6. The predicted molar refractivity (Wildman–Crippen MR) is 96.0 cm³/mol. The van der Waals surface area contributed by atoms with Gasteiger partial charge < -0.3 is 15.0 Å². The highest BCUT2D eigenvalue weighted by Gasteiger charge is 2.35. The monoisotopic (exact) mass is 352 g/mol. The Balaban J connectivity index is 0.00000156. The summed E-state index contributed by atoms with van der Waals surface area (Å²) in [7, 11) is 1.67. The Morgan fingerprint density at radius 2 is 2.13 bits per heavy atom. The molecule has 1 amide bonds. The molecule has 3 saturated heterocycles. The van der Waals surface area contributed by atoms with Crippen LogP contribution in [0.25, 0.3) is 10.1 Å². The molecule has 0 radical (unpaired) electrons. The Morgan fingerprint density at radius 3 is 2.78 bits per heavy atom. The molecule has 1 N–H and O–H groups in total. The molecular formula is C17H21ClN2O2S. The number of hydrogen-bond donors (Lipinski definition) is 1. The minimum absolute atomic E-state index is 0. The van der Waals surface area contributed by atoms with Crippen LogP contribution in [0.2, 0.25) is 0 Å². The van der Waals surface area contributed by atoms with E-state index in [-0.39, 0.29) is 18.3 Å². The van der Waals surface area contributed by atoms with Crippen molar-refractivity contribution in [1.82, 2.24) is 10.2 Å². The van der Waals surface area contributed by atoms with Gasteiger partial charge in [-0.3, -0.25) is 4.79 Å². The first-order valence-corrected chi connectivity index (χ1v) is 8.66. The molecule has 1 atom stereocenters. The van der Waals surface area contributed by atoms with Crippen LogP contribution in [0.5, 0.6) is 5.75 Å². The third kappa shape index (κ3) is 3.05. The lowest BCUT2D eigenvalue weighted by atomic mass is 9.84. The van der Waals surface area contributed by atoms with Gasteiger partial charge in [-0.05, 0) is 49.4 Å². The van der Waals surface area contributed by atoms with Gasteiger partial charge in [0.05, 0.1) is 16.7 Å². The second-order valence-corrected chi connectivity index (χ2v) is 7.26. The van der Waals surface area contributed by atoms with Crippen molar-refractivity contribution in [3.63, 3.8) is 0 Å². The molecular weight excluding hydrogens is 332 g/mol. The van der Waals surface area contributed by atoms with Crippen LogP contribution < -0.4 is 10.1 Å². The standard InChI is InChI=1S/C17H20N2O2S.ClH/c1-21-14-4-2-3-12-9-15(22-16(12)14)17(20)18-13-10-19-7-5-11(13)6-8-19;/h2-4,9,11,13H,5-8,10H2,1H3,(H,18,20);1H/t13-;/m1./s1. The number of fused-ring (bicyclic) bond motifs is 4.